The largest absolute Gasteiger partial charge is 0.367 e. The number of aromatic nitrogens is 1. The van der Waals surface area contributed by atoms with Crippen molar-refractivity contribution in [3.8, 4) is 0 Å². The van der Waals surface area contributed by atoms with E-state index in [4.69, 9.17) is 0 Å². The van der Waals surface area contributed by atoms with Gasteiger partial charge in [0.15, 0.2) is 0 Å². The van der Waals surface area contributed by atoms with Crippen molar-refractivity contribution in [2.24, 2.45) is 0 Å². The van der Waals surface area contributed by atoms with Crippen LogP contribution >= 0.6 is 0 Å². The monoisotopic (exact) mass is 352 g/mol. The van der Waals surface area contributed by atoms with Crippen molar-refractivity contribution in [2.75, 3.05) is 36.4 Å². The second-order valence-electron chi connectivity index (χ2n) is 6.45. The summed E-state index contributed by atoms with van der Waals surface area (Å²) < 4.78 is 0. The van der Waals surface area contributed by atoms with Crippen LogP contribution in [0, 0.1) is 6.92 Å². The molecule has 2 amide bonds. The quantitative estimate of drug-likeness (QED) is 0.840. The molecule has 0 radical (unpaired) electrons. The molecule has 2 aromatic rings. The van der Waals surface area contributed by atoms with Crippen LogP contribution in [0.15, 0.2) is 36.5 Å². The van der Waals surface area contributed by atoms with Gasteiger partial charge in [-0.25, -0.2) is 4.98 Å². The summed E-state index contributed by atoms with van der Waals surface area (Å²) >= 11 is 0. The van der Waals surface area contributed by atoms with Gasteiger partial charge in [0.05, 0.1) is 11.9 Å². The number of rotatable bonds is 5. The minimum absolute atomic E-state index is 0.202. The fourth-order valence-corrected chi connectivity index (χ4v) is 3.17. The number of piperazine rings is 1. The summed E-state index contributed by atoms with van der Waals surface area (Å²) in [5.41, 5.74) is 4.39. The van der Waals surface area contributed by atoms with Crippen LogP contribution in [0.4, 0.5) is 11.4 Å². The van der Waals surface area contributed by atoms with Crippen molar-refractivity contribution in [1.82, 2.24) is 9.88 Å². The molecule has 6 nitrogen and oxygen atoms in total. The Balaban J connectivity index is 1.69. The van der Waals surface area contributed by atoms with Gasteiger partial charge in [-0.1, -0.05) is 25.1 Å². The first kappa shape index (κ1) is 17.9. The van der Waals surface area contributed by atoms with E-state index in [1.807, 2.05) is 31.2 Å². The van der Waals surface area contributed by atoms with Crippen LogP contribution in [-0.4, -0.2) is 48.4 Å². The van der Waals surface area contributed by atoms with Crippen molar-refractivity contribution in [2.45, 2.75) is 20.3 Å². The number of benzene rings is 1. The number of para-hydroxylation sites is 1. The first-order valence-corrected chi connectivity index (χ1v) is 8.92. The lowest BCUT2D eigenvalue weighted by molar-refractivity contribution is -0.118. The Labute approximate surface area is 153 Å². The predicted molar refractivity (Wildman–Crippen MR) is 103 cm³/mol. The number of carbonyl (C=O) groups is 2. The molecule has 0 unspecified atom stereocenters. The van der Waals surface area contributed by atoms with Crippen LogP contribution in [0.2, 0.25) is 0 Å². The Morgan fingerprint density at radius 3 is 2.58 bits per heavy atom. The van der Waals surface area contributed by atoms with Crippen molar-refractivity contribution in [1.29, 1.82) is 0 Å². The van der Waals surface area contributed by atoms with Gasteiger partial charge in [-0.15, -0.1) is 0 Å². The molecule has 0 aliphatic carbocycles. The van der Waals surface area contributed by atoms with Crippen LogP contribution in [0.3, 0.4) is 0 Å². The normalized spacial score (nSPS) is 14.2. The summed E-state index contributed by atoms with van der Waals surface area (Å²) in [6.07, 6.45) is 3.47. The van der Waals surface area contributed by atoms with Crippen molar-refractivity contribution < 1.29 is 9.59 Å². The van der Waals surface area contributed by atoms with Crippen LogP contribution in [-0.2, 0) is 11.2 Å². The van der Waals surface area contributed by atoms with Gasteiger partial charge in [-0.3, -0.25) is 9.59 Å². The number of hydrogen-bond acceptors (Lipinski definition) is 4. The van der Waals surface area contributed by atoms with Crippen LogP contribution in [0.5, 0.6) is 0 Å². The maximum absolute atomic E-state index is 12.6. The van der Waals surface area contributed by atoms with Crippen LogP contribution in [0.1, 0.15) is 28.5 Å². The summed E-state index contributed by atoms with van der Waals surface area (Å²) in [6.45, 7) is 7.02. The molecule has 136 valence electrons. The SMILES string of the molecule is CCc1cccc(C)c1NC(=O)c1ccc(N2CCN(C=O)CC2)cn1. The zero-order valence-electron chi connectivity index (χ0n) is 15.2. The third kappa shape index (κ3) is 3.85. The lowest BCUT2D eigenvalue weighted by atomic mass is 10.1. The molecule has 1 aliphatic heterocycles. The standard InChI is InChI=1S/C20H24N4O2/c1-3-16-6-4-5-15(2)19(16)22-20(26)18-8-7-17(13-21-18)24-11-9-23(14-25)10-12-24/h4-8,13-14H,3,9-12H2,1-2H3,(H,22,26). The highest BCUT2D eigenvalue weighted by atomic mass is 16.2. The summed E-state index contributed by atoms with van der Waals surface area (Å²) in [4.78, 5) is 31.6. The molecule has 3 rings (SSSR count). The number of aryl methyl sites for hydroxylation is 2. The molecule has 1 aliphatic rings. The smallest absolute Gasteiger partial charge is 0.274 e. The van der Waals surface area contributed by atoms with E-state index in [0.717, 1.165) is 48.4 Å². The number of nitrogens with one attached hydrogen (secondary N) is 1. The van der Waals surface area contributed by atoms with Gasteiger partial charge in [-0.2, -0.15) is 0 Å². The number of carbonyl (C=O) groups excluding carboxylic acids is 2. The summed E-state index contributed by atoms with van der Waals surface area (Å²) in [5.74, 6) is -0.202. The van der Waals surface area contributed by atoms with Crippen LogP contribution < -0.4 is 10.2 Å². The summed E-state index contributed by atoms with van der Waals surface area (Å²) in [5, 5.41) is 3.00. The Morgan fingerprint density at radius 1 is 1.19 bits per heavy atom. The summed E-state index contributed by atoms with van der Waals surface area (Å²) in [6, 6.07) is 9.68. The zero-order chi connectivity index (χ0) is 18.5. The molecule has 1 saturated heterocycles. The minimum Gasteiger partial charge on any atom is -0.367 e. The highest BCUT2D eigenvalue weighted by Gasteiger charge is 2.17. The Morgan fingerprint density at radius 2 is 1.96 bits per heavy atom. The lowest BCUT2D eigenvalue weighted by Gasteiger charge is -2.33. The van der Waals surface area contributed by atoms with E-state index < -0.39 is 0 Å². The van der Waals surface area contributed by atoms with E-state index in [1.165, 1.54) is 0 Å². The average molecular weight is 352 g/mol. The van der Waals surface area contributed by atoms with E-state index in [-0.39, 0.29) is 5.91 Å². The molecule has 0 spiro atoms. The molecule has 0 atom stereocenters. The molecular formula is C20H24N4O2. The molecule has 6 heteroatoms. The van der Waals surface area contributed by atoms with Crippen LogP contribution in [0.25, 0.3) is 0 Å². The molecule has 0 saturated carbocycles. The van der Waals surface area contributed by atoms with Gasteiger partial charge >= 0.3 is 0 Å². The third-order valence-corrected chi connectivity index (χ3v) is 4.79. The second-order valence-corrected chi connectivity index (χ2v) is 6.45. The number of anilines is 2. The first-order chi connectivity index (χ1) is 12.6. The summed E-state index contributed by atoms with van der Waals surface area (Å²) in [7, 11) is 0. The van der Waals surface area contributed by atoms with Gasteiger partial charge in [0, 0.05) is 31.9 Å². The fourth-order valence-electron chi connectivity index (χ4n) is 3.17. The number of pyridine rings is 1. The number of nitrogens with zero attached hydrogens (tertiary/aromatic N) is 3. The molecule has 1 aromatic carbocycles. The fraction of sp³-hybridized carbons (Fsp3) is 0.350. The third-order valence-electron chi connectivity index (χ3n) is 4.79. The van der Waals surface area contributed by atoms with Gasteiger partial charge in [0.25, 0.3) is 5.91 Å². The Hall–Kier alpha value is -2.89. The minimum atomic E-state index is -0.202. The van der Waals surface area contributed by atoms with E-state index in [2.05, 4.69) is 22.1 Å². The highest BCUT2D eigenvalue weighted by Crippen LogP contribution is 2.22. The number of hydrogen-bond donors (Lipinski definition) is 1. The Kier molecular flexibility index (Phi) is 5.51. The number of amides is 2. The maximum atomic E-state index is 12.6. The first-order valence-electron chi connectivity index (χ1n) is 8.92. The molecule has 1 fully saturated rings. The lowest BCUT2D eigenvalue weighted by Crippen LogP contribution is -2.45. The highest BCUT2D eigenvalue weighted by molar-refractivity contribution is 6.03. The van der Waals surface area contributed by atoms with Gasteiger partial charge in [-0.05, 0) is 36.6 Å². The maximum Gasteiger partial charge on any atom is 0.274 e. The second kappa shape index (κ2) is 7.99. The predicted octanol–water partition coefficient (Wildman–Crippen LogP) is 2.48. The van der Waals surface area contributed by atoms with E-state index in [0.29, 0.717) is 18.8 Å². The molecule has 1 aromatic heterocycles. The topological polar surface area (TPSA) is 65.5 Å². The molecular weight excluding hydrogens is 328 g/mol. The molecule has 0 bridgehead atoms. The van der Waals surface area contributed by atoms with E-state index >= 15 is 0 Å². The van der Waals surface area contributed by atoms with Gasteiger partial charge < -0.3 is 15.1 Å². The van der Waals surface area contributed by atoms with Crippen molar-refractivity contribution >= 4 is 23.7 Å². The van der Waals surface area contributed by atoms with Crippen molar-refractivity contribution in [3.63, 3.8) is 0 Å². The van der Waals surface area contributed by atoms with E-state index in [9.17, 15) is 9.59 Å². The van der Waals surface area contributed by atoms with E-state index in [1.54, 1.807) is 17.2 Å². The Bertz CT molecular complexity index is 781. The van der Waals surface area contributed by atoms with Crippen molar-refractivity contribution in [3.05, 3.63) is 53.3 Å². The van der Waals surface area contributed by atoms with Gasteiger partial charge in [0.2, 0.25) is 6.41 Å². The molecule has 1 N–H and O–H groups in total. The average Bonchev–Trinajstić information content (AvgIpc) is 2.69. The molecule has 26 heavy (non-hydrogen) atoms. The van der Waals surface area contributed by atoms with Gasteiger partial charge in [0.1, 0.15) is 5.69 Å². The molecule has 2 heterocycles. The zero-order valence-corrected chi connectivity index (χ0v) is 15.2.